The summed E-state index contributed by atoms with van der Waals surface area (Å²) in [5, 5.41) is 25.6. The minimum Gasteiger partial charge on any atom is -0.396 e. The van der Waals surface area contributed by atoms with Crippen molar-refractivity contribution in [1.82, 2.24) is 15.1 Å². The molecule has 0 aliphatic carbocycles. The number of nitrogens with zero attached hydrogens (tertiary/aromatic N) is 2. The Morgan fingerprint density at radius 3 is 2.91 bits per heavy atom. The van der Waals surface area contributed by atoms with Crippen LogP contribution in [-0.4, -0.2) is 57.0 Å². The van der Waals surface area contributed by atoms with E-state index in [9.17, 15) is 23.8 Å². The molecule has 1 aliphatic rings. The fraction of sp³-hybridized carbons (Fsp3) is 0.714. The van der Waals surface area contributed by atoms with Crippen LogP contribution in [0.1, 0.15) is 48.8 Å². The number of aliphatic hydroxyl groups excluding tert-OH is 2. The predicted octanol–water partition coefficient (Wildman–Crippen LogP) is 1.33. The number of aliphatic hydroxyl groups is 2. The van der Waals surface area contributed by atoms with Gasteiger partial charge >= 0.3 is 0 Å². The van der Waals surface area contributed by atoms with E-state index >= 15 is 0 Å². The number of hydrogen-bond donors (Lipinski definition) is 3. The Morgan fingerprint density at radius 1 is 1.64 bits per heavy atom. The molecule has 0 unspecified atom stereocenters. The normalized spacial score (nSPS) is 25.7. The summed E-state index contributed by atoms with van der Waals surface area (Å²) in [4.78, 5) is 13.8. The lowest BCUT2D eigenvalue weighted by molar-refractivity contribution is -0.0721. The average molecular weight is 317 g/mol. The largest absolute Gasteiger partial charge is 0.396 e. The lowest BCUT2D eigenvalue weighted by Gasteiger charge is -2.45. The van der Waals surface area contributed by atoms with E-state index in [1.165, 1.54) is 4.90 Å². The molecule has 2 atom stereocenters. The predicted molar refractivity (Wildman–Crippen MR) is 74.5 cm³/mol. The topological polar surface area (TPSA) is 89.5 Å². The molecule has 1 aliphatic heterocycles. The van der Waals surface area contributed by atoms with Crippen molar-refractivity contribution < 1.29 is 23.8 Å². The highest BCUT2D eigenvalue weighted by Gasteiger charge is 2.43. The number of H-pyrrole nitrogens is 1. The van der Waals surface area contributed by atoms with E-state index in [1.807, 2.05) is 6.92 Å². The molecule has 6 nitrogen and oxygen atoms in total. The molecule has 0 bridgehead atoms. The molecule has 0 aromatic carbocycles. The molecule has 124 valence electrons. The number of hydrogen-bond acceptors (Lipinski definition) is 4. The molecule has 8 heteroatoms. The van der Waals surface area contributed by atoms with Gasteiger partial charge in [-0.3, -0.25) is 9.89 Å². The first-order chi connectivity index (χ1) is 10.4. The summed E-state index contributed by atoms with van der Waals surface area (Å²) >= 11 is 0. The smallest absolute Gasteiger partial charge is 0.279 e. The quantitative estimate of drug-likeness (QED) is 0.764. The summed E-state index contributed by atoms with van der Waals surface area (Å²) in [6, 6.07) is 1.04. The number of alkyl halides is 2. The number of piperidine rings is 1. The third-order valence-electron chi connectivity index (χ3n) is 4.29. The Morgan fingerprint density at radius 2 is 2.36 bits per heavy atom. The van der Waals surface area contributed by atoms with Crippen LogP contribution in [-0.2, 0) is 0 Å². The zero-order valence-electron chi connectivity index (χ0n) is 12.4. The van der Waals surface area contributed by atoms with Crippen LogP contribution in [0.2, 0.25) is 0 Å². The van der Waals surface area contributed by atoms with Gasteiger partial charge in [0.05, 0.1) is 12.7 Å². The lowest BCUT2D eigenvalue weighted by atomic mass is 9.74. The molecule has 2 heterocycles. The van der Waals surface area contributed by atoms with E-state index in [-0.39, 0.29) is 18.8 Å². The highest BCUT2D eigenvalue weighted by molar-refractivity contribution is 5.92. The first-order valence-electron chi connectivity index (χ1n) is 7.35. The minimum absolute atomic E-state index is 0.0740. The van der Waals surface area contributed by atoms with Crippen molar-refractivity contribution in [2.45, 2.75) is 38.7 Å². The van der Waals surface area contributed by atoms with Gasteiger partial charge in [-0.25, -0.2) is 8.78 Å². The van der Waals surface area contributed by atoms with Gasteiger partial charge < -0.3 is 15.1 Å². The number of rotatable bonds is 5. The van der Waals surface area contributed by atoms with Gasteiger partial charge in [0.2, 0.25) is 0 Å². The number of carbonyl (C=O) groups excluding carboxylic acids is 1. The second-order valence-electron chi connectivity index (χ2n) is 5.81. The number of aromatic nitrogens is 2. The monoisotopic (exact) mass is 317 g/mol. The summed E-state index contributed by atoms with van der Waals surface area (Å²) in [6.45, 7) is 2.21. The highest BCUT2D eigenvalue weighted by Crippen LogP contribution is 2.35. The van der Waals surface area contributed by atoms with Crippen LogP contribution in [0.5, 0.6) is 0 Å². The number of nitrogens with one attached hydrogen (secondary N) is 1. The molecular formula is C14H21F2N3O3. The van der Waals surface area contributed by atoms with Crippen LogP contribution in [0.25, 0.3) is 0 Å². The van der Waals surface area contributed by atoms with Crippen molar-refractivity contribution in [3.63, 3.8) is 0 Å². The van der Waals surface area contributed by atoms with Gasteiger partial charge in [0.1, 0.15) is 5.69 Å². The van der Waals surface area contributed by atoms with Crippen molar-refractivity contribution in [3.05, 3.63) is 17.5 Å². The summed E-state index contributed by atoms with van der Waals surface area (Å²) in [6.07, 6.45) is -1.71. The van der Waals surface area contributed by atoms with Crippen LogP contribution in [0.4, 0.5) is 8.78 Å². The fourth-order valence-electron chi connectivity index (χ4n) is 3.02. The molecule has 1 aromatic rings. The number of likely N-dealkylation sites (tertiary alicyclic amines) is 1. The third-order valence-corrected chi connectivity index (χ3v) is 4.29. The van der Waals surface area contributed by atoms with Crippen molar-refractivity contribution in [2.75, 3.05) is 19.7 Å². The number of aromatic amines is 1. The molecule has 0 radical (unpaired) electrons. The summed E-state index contributed by atoms with van der Waals surface area (Å²) in [5.41, 5.74) is -1.23. The van der Waals surface area contributed by atoms with Gasteiger partial charge in [0.15, 0.2) is 5.69 Å². The SMILES string of the molecule is CCC[C@@]1(CO)CN(C(=O)c2cc(C(F)F)[nH]n2)CC[C@@H]1O. The first kappa shape index (κ1) is 16.8. The Labute approximate surface area is 127 Å². The van der Waals surface area contributed by atoms with Crippen molar-refractivity contribution in [1.29, 1.82) is 0 Å². The minimum atomic E-state index is -2.71. The Bertz CT molecular complexity index is 523. The zero-order chi connectivity index (χ0) is 16.3. The average Bonchev–Trinajstić information content (AvgIpc) is 2.99. The van der Waals surface area contributed by atoms with Crippen LogP contribution < -0.4 is 0 Å². The highest BCUT2D eigenvalue weighted by atomic mass is 19.3. The van der Waals surface area contributed by atoms with Gasteiger partial charge in [-0.1, -0.05) is 13.3 Å². The van der Waals surface area contributed by atoms with Crippen LogP contribution >= 0.6 is 0 Å². The lowest BCUT2D eigenvalue weighted by Crippen LogP contribution is -2.55. The zero-order valence-corrected chi connectivity index (χ0v) is 12.4. The molecule has 1 amide bonds. The van der Waals surface area contributed by atoms with Gasteiger partial charge in [-0.15, -0.1) is 0 Å². The van der Waals surface area contributed by atoms with E-state index in [1.54, 1.807) is 0 Å². The summed E-state index contributed by atoms with van der Waals surface area (Å²) in [5.74, 6) is -0.469. The summed E-state index contributed by atoms with van der Waals surface area (Å²) in [7, 11) is 0. The number of amides is 1. The van der Waals surface area contributed by atoms with Crippen molar-refractivity contribution in [2.24, 2.45) is 5.41 Å². The molecule has 0 saturated carbocycles. The van der Waals surface area contributed by atoms with Crippen LogP contribution in [0.3, 0.4) is 0 Å². The molecule has 3 N–H and O–H groups in total. The number of carbonyl (C=O) groups is 1. The van der Waals surface area contributed by atoms with E-state index in [0.717, 1.165) is 12.5 Å². The fourth-order valence-corrected chi connectivity index (χ4v) is 3.02. The third kappa shape index (κ3) is 3.12. The van der Waals surface area contributed by atoms with Gasteiger partial charge in [0.25, 0.3) is 12.3 Å². The molecule has 0 spiro atoms. The molecule has 1 aromatic heterocycles. The standard InChI is InChI=1S/C14H21F2N3O3/c1-2-4-14(8-20)7-19(5-3-11(14)21)13(22)10-6-9(12(15)16)17-18-10/h6,11-12,20-21H,2-5,7-8H2,1H3,(H,17,18)/t11-,14-/m0/s1. The Balaban J connectivity index is 2.15. The van der Waals surface area contributed by atoms with Crippen LogP contribution in [0.15, 0.2) is 6.07 Å². The van der Waals surface area contributed by atoms with E-state index in [0.29, 0.717) is 19.4 Å². The Kier molecular flexibility index (Phi) is 5.12. The van der Waals surface area contributed by atoms with Crippen molar-refractivity contribution >= 4 is 5.91 Å². The van der Waals surface area contributed by atoms with E-state index in [4.69, 9.17) is 0 Å². The van der Waals surface area contributed by atoms with Crippen molar-refractivity contribution in [3.8, 4) is 0 Å². The maximum atomic E-state index is 12.6. The second-order valence-corrected chi connectivity index (χ2v) is 5.81. The molecule has 22 heavy (non-hydrogen) atoms. The van der Waals surface area contributed by atoms with E-state index in [2.05, 4.69) is 10.2 Å². The Hall–Kier alpha value is -1.54. The second kappa shape index (κ2) is 6.70. The molecule has 2 rings (SSSR count). The van der Waals surface area contributed by atoms with Gasteiger partial charge in [-0.05, 0) is 18.9 Å². The van der Waals surface area contributed by atoms with Gasteiger partial charge in [0, 0.05) is 18.5 Å². The molecule has 1 saturated heterocycles. The summed E-state index contributed by atoms with van der Waals surface area (Å²) < 4.78 is 25.1. The maximum Gasteiger partial charge on any atom is 0.279 e. The first-order valence-corrected chi connectivity index (χ1v) is 7.35. The van der Waals surface area contributed by atoms with E-state index < -0.39 is 29.5 Å². The number of halogens is 2. The molecule has 1 fully saturated rings. The van der Waals surface area contributed by atoms with Gasteiger partial charge in [-0.2, -0.15) is 5.10 Å². The van der Waals surface area contributed by atoms with Crippen LogP contribution in [0, 0.1) is 5.41 Å². The molecular weight excluding hydrogens is 296 g/mol. The maximum absolute atomic E-state index is 12.6.